The zero-order valence-corrected chi connectivity index (χ0v) is 21.5. The van der Waals surface area contributed by atoms with E-state index in [1.165, 1.54) is 63.4 Å². The van der Waals surface area contributed by atoms with Crippen LogP contribution in [-0.2, 0) is 0 Å². The minimum Gasteiger partial charge on any atom is -0.393 e. The molecule has 4 fully saturated rings. The van der Waals surface area contributed by atoms with Crippen LogP contribution in [0.15, 0.2) is 23.3 Å². The van der Waals surface area contributed by atoms with E-state index in [0.29, 0.717) is 27.6 Å². The van der Waals surface area contributed by atoms with Crippen molar-refractivity contribution < 1.29 is 5.11 Å². The molecule has 0 aromatic carbocycles. The van der Waals surface area contributed by atoms with Crippen molar-refractivity contribution in [2.75, 3.05) is 0 Å². The summed E-state index contributed by atoms with van der Waals surface area (Å²) in [4.78, 5) is 0. The summed E-state index contributed by atoms with van der Waals surface area (Å²) in [5.41, 5.74) is 5.30. The molecule has 0 bridgehead atoms. The van der Waals surface area contributed by atoms with E-state index in [9.17, 15) is 5.11 Å². The average molecular weight is 425 g/mol. The molecule has 31 heavy (non-hydrogen) atoms. The number of aliphatic hydroxyl groups excluding tert-OH is 1. The van der Waals surface area contributed by atoms with Crippen LogP contribution < -0.4 is 0 Å². The third kappa shape index (κ3) is 2.65. The van der Waals surface area contributed by atoms with Crippen LogP contribution >= 0.6 is 0 Å². The molecule has 1 heteroatoms. The molecule has 1 nitrogen and oxygen atoms in total. The second-order valence-corrected chi connectivity index (χ2v) is 13.9. The Kier molecular flexibility index (Phi) is 4.84. The zero-order valence-electron chi connectivity index (χ0n) is 21.5. The van der Waals surface area contributed by atoms with Gasteiger partial charge in [0.1, 0.15) is 0 Å². The Hall–Kier alpha value is -0.560. The van der Waals surface area contributed by atoms with E-state index in [1.807, 2.05) is 5.57 Å². The fourth-order valence-corrected chi connectivity index (χ4v) is 10.3. The first-order valence-electron chi connectivity index (χ1n) is 13.5. The summed E-state index contributed by atoms with van der Waals surface area (Å²) in [7, 11) is 0. The summed E-state index contributed by atoms with van der Waals surface area (Å²) < 4.78 is 0. The summed E-state index contributed by atoms with van der Waals surface area (Å²) in [5.74, 6) is 2.38. The number of hydrogen-bond acceptors (Lipinski definition) is 1. The fourth-order valence-electron chi connectivity index (χ4n) is 10.3. The lowest BCUT2D eigenvalue weighted by atomic mass is 9.45. The summed E-state index contributed by atoms with van der Waals surface area (Å²) in [5, 5.41) is 10.8. The largest absolute Gasteiger partial charge is 0.393 e. The predicted octanol–water partition coefficient (Wildman–Crippen LogP) is 8.09. The highest BCUT2D eigenvalue weighted by Crippen LogP contribution is 2.87. The monoisotopic (exact) mass is 424 g/mol. The van der Waals surface area contributed by atoms with Crippen molar-refractivity contribution in [2.24, 2.45) is 44.8 Å². The lowest BCUT2D eigenvalue weighted by molar-refractivity contribution is -0.0905. The molecule has 4 saturated carbocycles. The van der Waals surface area contributed by atoms with Crippen LogP contribution in [0.3, 0.4) is 0 Å². The van der Waals surface area contributed by atoms with Gasteiger partial charge in [0.15, 0.2) is 0 Å². The van der Waals surface area contributed by atoms with Gasteiger partial charge in [0.05, 0.1) is 6.10 Å². The van der Waals surface area contributed by atoms with Gasteiger partial charge >= 0.3 is 0 Å². The number of fused-ring (bicyclic) bond motifs is 2. The first-order chi connectivity index (χ1) is 14.4. The third-order valence-corrected chi connectivity index (χ3v) is 12.4. The van der Waals surface area contributed by atoms with Gasteiger partial charge in [-0.3, -0.25) is 0 Å². The lowest BCUT2D eigenvalue weighted by Gasteiger charge is -2.60. The molecule has 0 amide bonds. The summed E-state index contributed by atoms with van der Waals surface area (Å²) >= 11 is 0. The van der Waals surface area contributed by atoms with Gasteiger partial charge in [0.2, 0.25) is 0 Å². The van der Waals surface area contributed by atoms with Gasteiger partial charge in [-0.2, -0.15) is 0 Å². The maximum atomic E-state index is 10.8. The van der Waals surface area contributed by atoms with Gasteiger partial charge in [-0.25, -0.2) is 0 Å². The van der Waals surface area contributed by atoms with Crippen LogP contribution in [-0.4, -0.2) is 11.2 Å². The van der Waals surface area contributed by atoms with Crippen molar-refractivity contribution in [3.8, 4) is 0 Å². The quantitative estimate of drug-likeness (QED) is 0.452. The molecule has 5 aliphatic rings. The number of allylic oxidation sites excluding steroid dienone is 4. The summed E-state index contributed by atoms with van der Waals surface area (Å²) in [6.45, 7) is 17.1. The van der Waals surface area contributed by atoms with Crippen molar-refractivity contribution in [3.63, 3.8) is 0 Å². The molecular weight excluding hydrogens is 376 g/mol. The Morgan fingerprint density at radius 1 is 1.10 bits per heavy atom. The Labute approximate surface area is 192 Å². The molecule has 0 unspecified atom stereocenters. The highest BCUT2D eigenvalue weighted by atomic mass is 16.3. The first-order valence-corrected chi connectivity index (χ1v) is 13.5. The van der Waals surface area contributed by atoms with Crippen molar-refractivity contribution in [2.45, 2.75) is 119 Å². The molecule has 0 aromatic rings. The minimum absolute atomic E-state index is 0.0725. The van der Waals surface area contributed by atoms with Crippen LogP contribution in [0.4, 0.5) is 0 Å². The van der Waals surface area contributed by atoms with Crippen LogP contribution in [0.1, 0.15) is 113 Å². The number of aliphatic hydroxyl groups is 1. The van der Waals surface area contributed by atoms with Gasteiger partial charge in [-0.1, -0.05) is 57.9 Å². The standard InChI is InChI=1S/C30H48O/c1-20(2)9-8-10-21(3)22-13-15-28(7)24-12-11-23-26(4,5)25(31)14-16-29(23)19-30(24,29)18-17-27(22,28)6/h9,12,21-23,25,31H,8,10-11,13-19H2,1-7H3/t21-,22-,23+,25+,27-,28+,29-,30+/m1/s1. The molecule has 0 aromatic heterocycles. The number of rotatable bonds is 4. The predicted molar refractivity (Wildman–Crippen MR) is 131 cm³/mol. The van der Waals surface area contributed by atoms with Crippen LogP contribution in [0.25, 0.3) is 0 Å². The Bertz CT molecular complexity index is 814. The van der Waals surface area contributed by atoms with Crippen molar-refractivity contribution >= 4 is 0 Å². The van der Waals surface area contributed by atoms with Gasteiger partial charge in [-0.05, 0) is 123 Å². The van der Waals surface area contributed by atoms with Crippen LogP contribution in [0.5, 0.6) is 0 Å². The lowest BCUT2D eigenvalue weighted by Crippen LogP contribution is -2.53. The normalized spacial score (nSPS) is 50.3. The maximum Gasteiger partial charge on any atom is 0.0594 e. The minimum atomic E-state index is -0.113. The highest BCUT2D eigenvalue weighted by Gasteiger charge is 2.80. The first kappa shape index (κ1) is 22.2. The van der Waals surface area contributed by atoms with E-state index in [4.69, 9.17) is 0 Å². The highest BCUT2D eigenvalue weighted by molar-refractivity contribution is 5.45. The van der Waals surface area contributed by atoms with Crippen LogP contribution in [0, 0.1) is 44.8 Å². The topological polar surface area (TPSA) is 20.2 Å². The van der Waals surface area contributed by atoms with E-state index < -0.39 is 0 Å². The molecule has 1 N–H and O–H groups in total. The smallest absolute Gasteiger partial charge is 0.0594 e. The van der Waals surface area contributed by atoms with E-state index in [0.717, 1.165) is 18.3 Å². The van der Waals surface area contributed by atoms with Crippen molar-refractivity contribution in [3.05, 3.63) is 23.3 Å². The molecule has 5 rings (SSSR count). The Morgan fingerprint density at radius 2 is 1.84 bits per heavy atom. The van der Waals surface area contributed by atoms with Gasteiger partial charge in [0, 0.05) is 0 Å². The summed E-state index contributed by atoms with van der Waals surface area (Å²) in [6, 6.07) is 0. The van der Waals surface area contributed by atoms with Gasteiger partial charge in [0.25, 0.3) is 0 Å². The van der Waals surface area contributed by atoms with Crippen molar-refractivity contribution in [1.29, 1.82) is 0 Å². The average Bonchev–Trinajstić information content (AvgIpc) is 3.27. The van der Waals surface area contributed by atoms with Crippen LogP contribution in [0.2, 0.25) is 0 Å². The molecular formula is C30H48O. The molecule has 0 radical (unpaired) electrons. The Morgan fingerprint density at radius 3 is 2.55 bits per heavy atom. The molecule has 8 atom stereocenters. The Balaban J connectivity index is 1.45. The zero-order chi connectivity index (χ0) is 22.4. The molecule has 0 heterocycles. The van der Waals surface area contributed by atoms with Crippen molar-refractivity contribution in [1.82, 2.24) is 0 Å². The van der Waals surface area contributed by atoms with E-state index in [-0.39, 0.29) is 11.5 Å². The fraction of sp³-hybridized carbons (Fsp3) is 0.867. The van der Waals surface area contributed by atoms with E-state index >= 15 is 0 Å². The molecule has 0 aliphatic heterocycles. The third-order valence-electron chi connectivity index (χ3n) is 12.4. The van der Waals surface area contributed by atoms with E-state index in [1.54, 1.807) is 0 Å². The summed E-state index contributed by atoms with van der Waals surface area (Å²) in [6.07, 6.45) is 18.3. The molecule has 2 spiro atoms. The maximum absolute atomic E-state index is 10.8. The molecule has 5 aliphatic carbocycles. The molecule has 0 saturated heterocycles. The van der Waals surface area contributed by atoms with Gasteiger partial charge in [-0.15, -0.1) is 0 Å². The van der Waals surface area contributed by atoms with E-state index in [2.05, 4.69) is 60.6 Å². The number of hydrogen-bond donors (Lipinski definition) is 1. The SMILES string of the molecule is CC(C)=CCC[C@@H](C)[C@H]1CC[C@@]2(C)C3=CC[C@H]4C(C)(C)[C@@H](O)CC[C@@]45C[C@@]35CC[C@]12C. The second kappa shape index (κ2) is 6.74. The van der Waals surface area contributed by atoms with Gasteiger partial charge < -0.3 is 5.11 Å². The molecule has 174 valence electrons. The second-order valence-electron chi connectivity index (χ2n) is 13.9.